The van der Waals surface area contributed by atoms with Crippen LogP contribution < -0.4 is 0 Å². The average Bonchev–Trinajstić information content (AvgIpc) is 3.08. The van der Waals surface area contributed by atoms with E-state index in [2.05, 4.69) is 4.98 Å². The van der Waals surface area contributed by atoms with Gasteiger partial charge < -0.3 is 19.1 Å². The molecule has 1 fully saturated rings. The molecule has 0 aliphatic carbocycles. The number of imidazole rings is 1. The normalized spacial score (nSPS) is 15.0. The molecule has 29 heavy (non-hydrogen) atoms. The summed E-state index contributed by atoms with van der Waals surface area (Å²) in [7, 11) is -3.59. The van der Waals surface area contributed by atoms with Gasteiger partial charge in [0.15, 0.2) is 0 Å². The lowest BCUT2D eigenvalue weighted by Crippen LogP contribution is -2.51. The molecule has 10 heteroatoms. The second-order valence-electron chi connectivity index (χ2n) is 6.85. The average molecular weight is 423 g/mol. The van der Waals surface area contributed by atoms with Gasteiger partial charge in [-0.2, -0.15) is 0 Å². The molecule has 1 aromatic carbocycles. The molecule has 0 bridgehead atoms. The molecule has 158 valence electrons. The van der Waals surface area contributed by atoms with Crippen LogP contribution in [-0.4, -0.2) is 78.3 Å². The number of sulfone groups is 1. The van der Waals surface area contributed by atoms with Crippen LogP contribution in [-0.2, 0) is 25.9 Å². The lowest BCUT2D eigenvalue weighted by Gasteiger charge is -2.34. The summed E-state index contributed by atoms with van der Waals surface area (Å²) in [6, 6.07) is 7.07. The lowest BCUT2D eigenvalue weighted by molar-refractivity contribution is -0.133. The second-order valence-corrected chi connectivity index (χ2v) is 8.86. The van der Waals surface area contributed by atoms with Gasteiger partial charge in [-0.25, -0.2) is 18.2 Å². The minimum Gasteiger partial charge on any atom is -0.450 e. The van der Waals surface area contributed by atoms with E-state index in [-0.39, 0.29) is 29.5 Å². The largest absolute Gasteiger partial charge is 0.450 e. The quantitative estimate of drug-likeness (QED) is 0.699. The summed E-state index contributed by atoms with van der Waals surface area (Å²) in [5.74, 6) is -0.229. The van der Waals surface area contributed by atoms with E-state index >= 15 is 0 Å². The van der Waals surface area contributed by atoms with Gasteiger partial charge in [0.1, 0.15) is 6.54 Å². The Balaban J connectivity index is 1.80. The Hall–Kier alpha value is -2.62. The first-order valence-electron chi connectivity index (χ1n) is 9.75. The van der Waals surface area contributed by atoms with Crippen molar-refractivity contribution in [1.29, 1.82) is 0 Å². The van der Waals surface area contributed by atoms with Crippen molar-refractivity contribution in [3.63, 3.8) is 0 Å². The summed E-state index contributed by atoms with van der Waals surface area (Å²) < 4.78 is 31.9. The summed E-state index contributed by atoms with van der Waals surface area (Å²) in [6.45, 7) is 5.25. The summed E-state index contributed by atoms with van der Waals surface area (Å²) >= 11 is 0. The number of rotatable bonds is 6. The highest BCUT2D eigenvalue weighted by Crippen LogP contribution is 2.21. The van der Waals surface area contributed by atoms with Crippen molar-refractivity contribution >= 4 is 32.9 Å². The van der Waals surface area contributed by atoms with Crippen LogP contribution >= 0.6 is 0 Å². The molecule has 0 spiro atoms. The zero-order chi connectivity index (χ0) is 21.0. The van der Waals surface area contributed by atoms with Crippen LogP contribution in [0.2, 0.25) is 0 Å². The molecule has 2 aromatic rings. The maximum absolute atomic E-state index is 12.9. The van der Waals surface area contributed by atoms with Crippen LogP contribution in [0.25, 0.3) is 11.0 Å². The Labute approximate surface area is 170 Å². The molecule has 2 heterocycles. The standard InChI is InChI=1S/C19H26N4O5S/c1-3-13-29(26,27)18-20-15-7-5-6-8-16(15)23(18)14-17(24)21-9-11-22(12-10-21)19(25)28-4-2/h5-8H,3-4,9-14H2,1-2H3. The van der Waals surface area contributed by atoms with E-state index in [9.17, 15) is 18.0 Å². The Bertz CT molecular complexity index is 993. The van der Waals surface area contributed by atoms with E-state index in [0.717, 1.165) is 0 Å². The second kappa shape index (κ2) is 8.81. The fraction of sp³-hybridized carbons (Fsp3) is 0.526. The third kappa shape index (κ3) is 4.52. The number of piperazine rings is 1. The summed E-state index contributed by atoms with van der Waals surface area (Å²) in [5, 5.41) is -0.0703. The maximum Gasteiger partial charge on any atom is 0.409 e. The zero-order valence-corrected chi connectivity index (χ0v) is 17.5. The van der Waals surface area contributed by atoms with Crippen LogP contribution in [0.1, 0.15) is 20.3 Å². The molecule has 0 atom stereocenters. The number of carbonyl (C=O) groups is 2. The molecule has 1 saturated heterocycles. The Morgan fingerprint density at radius 3 is 2.38 bits per heavy atom. The van der Waals surface area contributed by atoms with Gasteiger partial charge in [-0.3, -0.25) is 4.79 Å². The number of aromatic nitrogens is 2. The highest BCUT2D eigenvalue weighted by atomic mass is 32.2. The molecule has 2 amide bonds. The minimum absolute atomic E-state index is 0.0251. The van der Waals surface area contributed by atoms with Crippen molar-refractivity contribution < 1.29 is 22.7 Å². The molecule has 0 radical (unpaired) electrons. The van der Waals surface area contributed by atoms with Gasteiger partial charge in [0.05, 0.1) is 23.4 Å². The topological polar surface area (TPSA) is 102 Å². The Morgan fingerprint density at radius 1 is 1.07 bits per heavy atom. The van der Waals surface area contributed by atoms with Gasteiger partial charge in [0.2, 0.25) is 20.9 Å². The maximum atomic E-state index is 12.9. The molecule has 1 aromatic heterocycles. The van der Waals surface area contributed by atoms with Gasteiger partial charge >= 0.3 is 6.09 Å². The van der Waals surface area contributed by atoms with Crippen LogP contribution in [0.15, 0.2) is 29.4 Å². The third-order valence-corrected chi connectivity index (χ3v) is 6.64. The van der Waals surface area contributed by atoms with Gasteiger partial charge in [0.25, 0.3) is 0 Å². The minimum atomic E-state index is -3.59. The number of fused-ring (bicyclic) bond motifs is 1. The molecule has 1 aliphatic heterocycles. The first kappa shape index (κ1) is 21.1. The van der Waals surface area contributed by atoms with Crippen LogP contribution in [0, 0.1) is 0 Å². The van der Waals surface area contributed by atoms with Gasteiger partial charge in [0, 0.05) is 26.2 Å². The molecule has 3 rings (SSSR count). The predicted octanol–water partition coefficient (Wildman–Crippen LogP) is 1.52. The Morgan fingerprint density at radius 2 is 1.72 bits per heavy atom. The first-order valence-corrected chi connectivity index (χ1v) is 11.4. The van der Waals surface area contributed by atoms with Crippen molar-refractivity contribution in [3.8, 4) is 0 Å². The molecule has 0 saturated carbocycles. The highest BCUT2D eigenvalue weighted by Gasteiger charge is 2.28. The number of benzene rings is 1. The van der Waals surface area contributed by atoms with Crippen LogP contribution in [0.4, 0.5) is 4.79 Å². The number of para-hydroxylation sites is 2. The van der Waals surface area contributed by atoms with E-state index in [1.54, 1.807) is 47.9 Å². The van der Waals surface area contributed by atoms with Crippen molar-refractivity contribution in [2.75, 3.05) is 38.5 Å². The molecular weight excluding hydrogens is 396 g/mol. The van der Waals surface area contributed by atoms with Crippen LogP contribution in [0.3, 0.4) is 0 Å². The summed E-state index contributed by atoms with van der Waals surface area (Å²) in [4.78, 5) is 32.2. The summed E-state index contributed by atoms with van der Waals surface area (Å²) in [5.41, 5.74) is 1.16. The fourth-order valence-corrected chi connectivity index (χ4v) is 4.85. The van der Waals surface area contributed by atoms with Crippen molar-refractivity contribution in [2.24, 2.45) is 0 Å². The van der Waals surface area contributed by atoms with E-state index in [0.29, 0.717) is 50.2 Å². The number of hydrogen-bond donors (Lipinski definition) is 0. The SMILES string of the molecule is CCCS(=O)(=O)c1nc2ccccc2n1CC(=O)N1CCN(C(=O)OCC)CC1. The predicted molar refractivity (Wildman–Crippen MR) is 107 cm³/mol. The number of nitrogens with zero attached hydrogens (tertiary/aromatic N) is 4. The van der Waals surface area contributed by atoms with Gasteiger partial charge in [-0.05, 0) is 25.5 Å². The number of ether oxygens (including phenoxy) is 1. The highest BCUT2D eigenvalue weighted by molar-refractivity contribution is 7.91. The Kier molecular flexibility index (Phi) is 6.41. The van der Waals surface area contributed by atoms with Crippen molar-refractivity contribution in [3.05, 3.63) is 24.3 Å². The molecule has 0 N–H and O–H groups in total. The molecular formula is C19H26N4O5S. The zero-order valence-electron chi connectivity index (χ0n) is 16.7. The molecule has 9 nitrogen and oxygen atoms in total. The monoisotopic (exact) mass is 422 g/mol. The van der Waals surface area contributed by atoms with Crippen LogP contribution in [0.5, 0.6) is 0 Å². The van der Waals surface area contributed by atoms with E-state index in [4.69, 9.17) is 4.74 Å². The number of hydrogen-bond acceptors (Lipinski definition) is 6. The van der Waals surface area contributed by atoms with Crippen molar-refractivity contribution in [1.82, 2.24) is 19.4 Å². The van der Waals surface area contributed by atoms with E-state index in [1.807, 2.05) is 0 Å². The van der Waals surface area contributed by atoms with E-state index < -0.39 is 9.84 Å². The van der Waals surface area contributed by atoms with Gasteiger partial charge in [-0.15, -0.1) is 0 Å². The number of amides is 2. The van der Waals surface area contributed by atoms with E-state index in [1.165, 1.54) is 4.57 Å². The molecule has 0 unspecified atom stereocenters. The summed E-state index contributed by atoms with van der Waals surface area (Å²) in [6.07, 6.45) is 0.0862. The number of carbonyl (C=O) groups excluding carboxylic acids is 2. The fourth-order valence-electron chi connectivity index (χ4n) is 3.39. The third-order valence-electron chi connectivity index (χ3n) is 4.82. The lowest BCUT2D eigenvalue weighted by atomic mass is 10.3. The smallest absolute Gasteiger partial charge is 0.409 e. The van der Waals surface area contributed by atoms with Gasteiger partial charge in [-0.1, -0.05) is 19.1 Å². The first-order chi connectivity index (χ1) is 13.9. The van der Waals surface area contributed by atoms with Crippen molar-refractivity contribution in [2.45, 2.75) is 32.0 Å². The molecule has 1 aliphatic rings.